The molecule has 0 amide bonds. The number of ether oxygens (including phenoxy) is 1. The molecule has 0 unspecified atom stereocenters. The summed E-state index contributed by atoms with van der Waals surface area (Å²) >= 11 is 1.84. The minimum atomic E-state index is 0.225. The summed E-state index contributed by atoms with van der Waals surface area (Å²) in [6.45, 7) is 10.9. The largest absolute Gasteiger partial charge is 0.378 e. The highest BCUT2D eigenvalue weighted by atomic mass is 32.1. The maximum Gasteiger partial charge on any atom is 0.0606 e. The SMILES string of the molecule is Cc1ccc([C@@]2(CCN[C@@H](C)c3cccs3)CCO[C@@H](C(C)C)C2)cc1. The highest BCUT2D eigenvalue weighted by Crippen LogP contribution is 2.42. The van der Waals surface area contributed by atoms with Crippen molar-refractivity contribution in [3.63, 3.8) is 0 Å². The number of nitrogens with one attached hydrogen (secondary N) is 1. The summed E-state index contributed by atoms with van der Waals surface area (Å²) in [4.78, 5) is 1.42. The van der Waals surface area contributed by atoms with Gasteiger partial charge in [-0.25, -0.2) is 0 Å². The van der Waals surface area contributed by atoms with Crippen LogP contribution in [0.2, 0.25) is 0 Å². The predicted octanol–water partition coefficient (Wildman–Crippen LogP) is 5.87. The molecule has 0 radical (unpaired) electrons. The zero-order valence-electron chi connectivity index (χ0n) is 16.6. The lowest BCUT2D eigenvalue weighted by Gasteiger charge is -2.43. The molecule has 26 heavy (non-hydrogen) atoms. The van der Waals surface area contributed by atoms with E-state index in [0.29, 0.717) is 18.1 Å². The molecule has 3 atom stereocenters. The van der Waals surface area contributed by atoms with Gasteiger partial charge in [0, 0.05) is 22.9 Å². The Morgan fingerprint density at radius 3 is 2.62 bits per heavy atom. The molecular formula is C23H33NOS. The van der Waals surface area contributed by atoms with Gasteiger partial charge in [0.2, 0.25) is 0 Å². The van der Waals surface area contributed by atoms with Gasteiger partial charge in [-0.2, -0.15) is 0 Å². The Labute approximate surface area is 163 Å². The normalized spacial score (nSPS) is 24.7. The summed E-state index contributed by atoms with van der Waals surface area (Å²) < 4.78 is 6.11. The molecule has 0 bridgehead atoms. The average Bonchev–Trinajstić information content (AvgIpc) is 3.17. The quantitative estimate of drug-likeness (QED) is 0.657. The minimum Gasteiger partial charge on any atom is -0.378 e. The summed E-state index contributed by atoms with van der Waals surface area (Å²) in [5.41, 5.74) is 3.05. The second-order valence-corrected chi connectivity index (χ2v) is 9.17. The molecule has 0 aliphatic carbocycles. The van der Waals surface area contributed by atoms with Gasteiger partial charge in [-0.05, 0) is 62.6 Å². The first-order valence-corrected chi connectivity index (χ1v) is 10.8. The van der Waals surface area contributed by atoms with Crippen molar-refractivity contribution in [1.82, 2.24) is 5.32 Å². The van der Waals surface area contributed by atoms with Crippen molar-refractivity contribution in [3.8, 4) is 0 Å². The van der Waals surface area contributed by atoms with Gasteiger partial charge in [0.25, 0.3) is 0 Å². The van der Waals surface area contributed by atoms with Crippen molar-refractivity contribution < 1.29 is 4.74 Å². The van der Waals surface area contributed by atoms with Crippen LogP contribution in [0.1, 0.15) is 62.1 Å². The summed E-state index contributed by atoms with van der Waals surface area (Å²) in [7, 11) is 0. The first kappa shape index (κ1) is 19.6. The van der Waals surface area contributed by atoms with E-state index in [2.05, 4.69) is 74.8 Å². The van der Waals surface area contributed by atoms with Gasteiger partial charge in [0.05, 0.1) is 6.10 Å². The molecule has 2 aromatic rings. The van der Waals surface area contributed by atoms with Crippen LogP contribution >= 0.6 is 11.3 Å². The maximum absolute atomic E-state index is 6.11. The molecule has 1 saturated heterocycles. The third-order valence-corrected chi connectivity index (χ3v) is 6.99. The molecule has 1 aliphatic rings. The number of hydrogen-bond acceptors (Lipinski definition) is 3. The van der Waals surface area contributed by atoms with Crippen molar-refractivity contribution in [2.24, 2.45) is 5.92 Å². The summed E-state index contributed by atoms with van der Waals surface area (Å²) in [6.07, 6.45) is 3.77. The standard InChI is InChI=1S/C23H33NOS/c1-17(2)21-16-23(12-14-25-21,20-9-7-18(3)8-10-20)11-13-24-19(4)22-6-5-15-26-22/h5-10,15,17,19,21,24H,11-14,16H2,1-4H3/t19-,21+,23-/m0/s1. The molecule has 142 valence electrons. The Morgan fingerprint density at radius 1 is 1.19 bits per heavy atom. The Hall–Kier alpha value is -1.16. The van der Waals surface area contributed by atoms with E-state index in [9.17, 15) is 0 Å². The number of rotatable bonds is 7. The Bertz CT molecular complexity index is 664. The zero-order valence-corrected chi connectivity index (χ0v) is 17.4. The average molecular weight is 372 g/mol. The molecule has 3 rings (SSSR count). The second kappa shape index (κ2) is 8.69. The number of benzene rings is 1. The van der Waals surface area contributed by atoms with E-state index in [0.717, 1.165) is 26.0 Å². The van der Waals surface area contributed by atoms with E-state index in [4.69, 9.17) is 4.74 Å². The van der Waals surface area contributed by atoms with Gasteiger partial charge in [0.15, 0.2) is 0 Å². The zero-order chi connectivity index (χ0) is 18.6. The molecule has 2 nitrogen and oxygen atoms in total. The third kappa shape index (κ3) is 4.57. The summed E-state index contributed by atoms with van der Waals surface area (Å²) in [5, 5.41) is 5.91. The smallest absolute Gasteiger partial charge is 0.0606 e. The molecule has 0 saturated carbocycles. The van der Waals surface area contributed by atoms with Crippen LogP contribution in [-0.2, 0) is 10.2 Å². The highest BCUT2D eigenvalue weighted by Gasteiger charge is 2.39. The minimum absolute atomic E-state index is 0.225. The molecule has 3 heteroatoms. The molecular weight excluding hydrogens is 338 g/mol. The summed E-state index contributed by atoms with van der Waals surface area (Å²) in [6, 6.07) is 14.0. The molecule has 1 aliphatic heterocycles. The lowest BCUT2D eigenvalue weighted by Crippen LogP contribution is -2.42. The van der Waals surface area contributed by atoms with Crippen LogP contribution in [0.15, 0.2) is 41.8 Å². The van der Waals surface area contributed by atoms with Gasteiger partial charge in [-0.1, -0.05) is 49.7 Å². The van der Waals surface area contributed by atoms with Crippen LogP contribution in [0, 0.1) is 12.8 Å². The predicted molar refractivity (Wildman–Crippen MR) is 112 cm³/mol. The van der Waals surface area contributed by atoms with Crippen LogP contribution in [-0.4, -0.2) is 19.3 Å². The van der Waals surface area contributed by atoms with Crippen LogP contribution in [0.5, 0.6) is 0 Å². The highest BCUT2D eigenvalue weighted by molar-refractivity contribution is 7.10. The van der Waals surface area contributed by atoms with E-state index >= 15 is 0 Å². The van der Waals surface area contributed by atoms with Crippen LogP contribution in [0.4, 0.5) is 0 Å². The molecule has 1 N–H and O–H groups in total. The van der Waals surface area contributed by atoms with Crippen molar-refractivity contribution >= 4 is 11.3 Å². The number of aryl methyl sites for hydroxylation is 1. The van der Waals surface area contributed by atoms with E-state index in [1.165, 1.54) is 22.4 Å². The van der Waals surface area contributed by atoms with E-state index < -0.39 is 0 Å². The van der Waals surface area contributed by atoms with Crippen LogP contribution < -0.4 is 5.32 Å². The van der Waals surface area contributed by atoms with Crippen LogP contribution in [0.25, 0.3) is 0 Å². The summed E-state index contributed by atoms with van der Waals surface area (Å²) in [5.74, 6) is 0.568. The topological polar surface area (TPSA) is 21.3 Å². The van der Waals surface area contributed by atoms with Crippen molar-refractivity contribution in [2.75, 3.05) is 13.2 Å². The molecule has 2 heterocycles. The van der Waals surface area contributed by atoms with Gasteiger partial charge in [0.1, 0.15) is 0 Å². The third-order valence-electron chi connectivity index (χ3n) is 5.94. The molecule has 1 fully saturated rings. The maximum atomic E-state index is 6.11. The van der Waals surface area contributed by atoms with Gasteiger partial charge < -0.3 is 10.1 Å². The number of thiophene rings is 1. The fourth-order valence-electron chi connectivity index (χ4n) is 4.09. The first-order chi connectivity index (χ1) is 12.5. The van der Waals surface area contributed by atoms with Gasteiger partial charge in [-0.3, -0.25) is 0 Å². The fraction of sp³-hybridized carbons (Fsp3) is 0.565. The first-order valence-electron chi connectivity index (χ1n) is 9.96. The van der Waals surface area contributed by atoms with Crippen molar-refractivity contribution in [2.45, 2.75) is 64.5 Å². The molecule has 0 spiro atoms. The fourth-order valence-corrected chi connectivity index (χ4v) is 4.85. The van der Waals surface area contributed by atoms with E-state index in [-0.39, 0.29) is 5.41 Å². The van der Waals surface area contributed by atoms with Gasteiger partial charge >= 0.3 is 0 Å². The number of hydrogen-bond donors (Lipinski definition) is 1. The van der Waals surface area contributed by atoms with Crippen molar-refractivity contribution in [1.29, 1.82) is 0 Å². The van der Waals surface area contributed by atoms with Crippen molar-refractivity contribution in [3.05, 3.63) is 57.8 Å². The molecule has 1 aromatic heterocycles. The van der Waals surface area contributed by atoms with Crippen LogP contribution in [0.3, 0.4) is 0 Å². The monoisotopic (exact) mass is 371 g/mol. The Balaban J connectivity index is 1.73. The van der Waals surface area contributed by atoms with E-state index in [1.54, 1.807) is 0 Å². The Morgan fingerprint density at radius 2 is 1.96 bits per heavy atom. The second-order valence-electron chi connectivity index (χ2n) is 8.19. The van der Waals surface area contributed by atoms with Gasteiger partial charge in [-0.15, -0.1) is 11.3 Å². The van der Waals surface area contributed by atoms with E-state index in [1.807, 2.05) is 11.3 Å². The lowest BCUT2D eigenvalue weighted by molar-refractivity contribution is -0.0470. The Kier molecular flexibility index (Phi) is 6.55. The molecule has 1 aromatic carbocycles. The lowest BCUT2D eigenvalue weighted by atomic mass is 9.68.